The van der Waals surface area contributed by atoms with Crippen molar-refractivity contribution in [3.8, 4) is 0 Å². The van der Waals surface area contributed by atoms with E-state index in [0.29, 0.717) is 5.95 Å². The van der Waals surface area contributed by atoms with Gasteiger partial charge in [-0.15, -0.1) is 0 Å². The van der Waals surface area contributed by atoms with Crippen LogP contribution in [0.4, 0.5) is 11.8 Å². The summed E-state index contributed by atoms with van der Waals surface area (Å²) in [7, 11) is 0. The van der Waals surface area contributed by atoms with Gasteiger partial charge in [-0.2, -0.15) is 4.98 Å². The van der Waals surface area contributed by atoms with Crippen molar-refractivity contribution in [2.75, 3.05) is 17.2 Å². The molecule has 0 saturated carbocycles. The molecule has 1 aromatic carbocycles. The molecule has 0 aliphatic heterocycles. The van der Waals surface area contributed by atoms with Gasteiger partial charge in [0.05, 0.1) is 0 Å². The molecule has 112 valence electrons. The lowest BCUT2D eigenvalue weighted by Crippen LogP contribution is -2.07. The molecular formula is C17H24N4. The molecule has 2 N–H and O–H groups in total. The molecule has 2 aromatic rings. The van der Waals surface area contributed by atoms with Crippen LogP contribution in [0.15, 0.2) is 36.5 Å². The summed E-state index contributed by atoms with van der Waals surface area (Å²) in [5.41, 5.74) is 2.52. The fourth-order valence-electron chi connectivity index (χ4n) is 2.02. The maximum absolute atomic E-state index is 4.47. The van der Waals surface area contributed by atoms with Crippen LogP contribution in [0.3, 0.4) is 0 Å². The first-order valence-corrected chi connectivity index (χ1v) is 7.64. The van der Waals surface area contributed by atoms with E-state index in [-0.39, 0.29) is 0 Å². The Balaban J connectivity index is 1.84. The van der Waals surface area contributed by atoms with E-state index in [0.717, 1.165) is 25.3 Å². The molecule has 0 unspecified atom stereocenters. The first kappa shape index (κ1) is 15.3. The van der Waals surface area contributed by atoms with E-state index in [2.05, 4.69) is 58.7 Å². The minimum absolute atomic E-state index is 0.694. The van der Waals surface area contributed by atoms with Crippen LogP contribution in [0.25, 0.3) is 0 Å². The summed E-state index contributed by atoms with van der Waals surface area (Å²) in [4.78, 5) is 8.71. The zero-order chi connectivity index (χ0) is 14.9. The molecule has 0 radical (unpaired) electrons. The summed E-state index contributed by atoms with van der Waals surface area (Å²) in [5.74, 6) is 1.54. The fourth-order valence-corrected chi connectivity index (χ4v) is 2.02. The van der Waals surface area contributed by atoms with Crippen LogP contribution in [0, 0.1) is 6.92 Å². The van der Waals surface area contributed by atoms with E-state index in [1.165, 1.54) is 24.0 Å². The van der Waals surface area contributed by atoms with Crippen molar-refractivity contribution in [2.24, 2.45) is 0 Å². The zero-order valence-corrected chi connectivity index (χ0v) is 12.9. The van der Waals surface area contributed by atoms with Crippen LogP contribution in [-0.4, -0.2) is 16.5 Å². The molecule has 4 nitrogen and oxygen atoms in total. The highest BCUT2D eigenvalue weighted by molar-refractivity contribution is 5.40. The Labute approximate surface area is 127 Å². The van der Waals surface area contributed by atoms with Gasteiger partial charge in [-0.3, -0.25) is 0 Å². The number of aromatic nitrogens is 2. The van der Waals surface area contributed by atoms with Crippen LogP contribution in [0.1, 0.15) is 37.3 Å². The van der Waals surface area contributed by atoms with Gasteiger partial charge in [0, 0.05) is 19.3 Å². The third kappa shape index (κ3) is 5.42. The summed E-state index contributed by atoms with van der Waals surface area (Å²) in [5, 5.41) is 6.59. The van der Waals surface area contributed by atoms with Gasteiger partial charge in [-0.05, 0) is 25.0 Å². The summed E-state index contributed by atoms with van der Waals surface area (Å²) < 4.78 is 0. The Hall–Kier alpha value is -2.10. The molecule has 1 heterocycles. The largest absolute Gasteiger partial charge is 0.366 e. The van der Waals surface area contributed by atoms with E-state index >= 15 is 0 Å². The van der Waals surface area contributed by atoms with E-state index in [9.17, 15) is 0 Å². The van der Waals surface area contributed by atoms with Crippen LogP contribution in [0.5, 0.6) is 0 Å². The van der Waals surface area contributed by atoms with Crippen molar-refractivity contribution in [2.45, 2.75) is 39.7 Å². The van der Waals surface area contributed by atoms with Gasteiger partial charge in [-0.1, -0.05) is 49.6 Å². The Kier molecular flexibility index (Phi) is 6.00. The summed E-state index contributed by atoms with van der Waals surface area (Å²) in [6.45, 7) is 5.99. The van der Waals surface area contributed by atoms with Crippen molar-refractivity contribution >= 4 is 11.8 Å². The molecule has 0 saturated heterocycles. The van der Waals surface area contributed by atoms with Crippen LogP contribution in [0.2, 0.25) is 0 Å². The van der Waals surface area contributed by atoms with Gasteiger partial charge in [-0.25, -0.2) is 4.98 Å². The Morgan fingerprint density at radius 3 is 2.57 bits per heavy atom. The summed E-state index contributed by atoms with van der Waals surface area (Å²) in [6.07, 6.45) is 5.40. The predicted octanol–water partition coefficient (Wildman–Crippen LogP) is 4.00. The van der Waals surface area contributed by atoms with Gasteiger partial charge in [0.2, 0.25) is 5.95 Å². The minimum Gasteiger partial charge on any atom is -0.366 e. The molecule has 2 rings (SSSR count). The van der Waals surface area contributed by atoms with Crippen LogP contribution < -0.4 is 10.6 Å². The van der Waals surface area contributed by atoms with E-state index in [1.807, 2.05) is 6.07 Å². The monoisotopic (exact) mass is 284 g/mol. The first-order valence-electron chi connectivity index (χ1n) is 7.64. The quantitative estimate of drug-likeness (QED) is 0.719. The lowest BCUT2D eigenvalue weighted by atomic mass is 10.1. The second-order valence-corrected chi connectivity index (χ2v) is 5.24. The number of aryl methyl sites for hydroxylation is 1. The normalized spacial score (nSPS) is 10.4. The van der Waals surface area contributed by atoms with Gasteiger partial charge < -0.3 is 10.6 Å². The van der Waals surface area contributed by atoms with E-state index < -0.39 is 0 Å². The number of hydrogen-bond acceptors (Lipinski definition) is 4. The highest BCUT2D eigenvalue weighted by Gasteiger charge is 1.99. The number of unbranched alkanes of at least 4 members (excludes halogenated alkanes) is 2. The average Bonchev–Trinajstić information content (AvgIpc) is 2.52. The van der Waals surface area contributed by atoms with Gasteiger partial charge in [0.25, 0.3) is 0 Å². The molecule has 0 atom stereocenters. The molecule has 0 fully saturated rings. The smallest absolute Gasteiger partial charge is 0.224 e. The topological polar surface area (TPSA) is 49.8 Å². The fraction of sp³-hybridized carbons (Fsp3) is 0.412. The number of rotatable bonds is 8. The van der Waals surface area contributed by atoms with Crippen LogP contribution in [-0.2, 0) is 6.54 Å². The summed E-state index contributed by atoms with van der Waals surface area (Å²) >= 11 is 0. The summed E-state index contributed by atoms with van der Waals surface area (Å²) in [6, 6.07) is 10.4. The maximum atomic E-state index is 4.47. The SMILES string of the molecule is CCCCCNc1nccc(NCc2ccc(C)cc2)n1. The molecular weight excluding hydrogens is 260 g/mol. The standard InChI is InChI=1S/C17H24N4/c1-3-4-5-11-18-17-19-12-10-16(21-17)20-13-15-8-6-14(2)7-9-15/h6-10,12H,3-5,11,13H2,1-2H3,(H2,18,19,20,21). The second kappa shape index (κ2) is 8.25. The van der Waals surface area contributed by atoms with E-state index in [1.54, 1.807) is 6.20 Å². The molecule has 0 bridgehead atoms. The number of benzene rings is 1. The third-order valence-electron chi connectivity index (χ3n) is 3.31. The number of nitrogens with one attached hydrogen (secondary N) is 2. The third-order valence-corrected chi connectivity index (χ3v) is 3.31. The molecule has 0 aliphatic rings. The maximum Gasteiger partial charge on any atom is 0.224 e. The predicted molar refractivity (Wildman–Crippen MR) is 88.6 cm³/mol. The second-order valence-electron chi connectivity index (χ2n) is 5.24. The van der Waals surface area contributed by atoms with Crippen molar-refractivity contribution < 1.29 is 0 Å². The highest BCUT2D eigenvalue weighted by Crippen LogP contribution is 2.09. The molecule has 0 aliphatic carbocycles. The van der Waals surface area contributed by atoms with Gasteiger partial charge >= 0.3 is 0 Å². The van der Waals surface area contributed by atoms with Gasteiger partial charge in [0.1, 0.15) is 5.82 Å². The van der Waals surface area contributed by atoms with Crippen molar-refractivity contribution in [1.82, 2.24) is 9.97 Å². The van der Waals surface area contributed by atoms with Crippen molar-refractivity contribution in [3.63, 3.8) is 0 Å². The molecule has 0 spiro atoms. The van der Waals surface area contributed by atoms with Crippen molar-refractivity contribution in [1.29, 1.82) is 0 Å². The van der Waals surface area contributed by atoms with Gasteiger partial charge in [0.15, 0.2) is 0 Å². The van der Waals surface area contributed by atoms with Crippen LogP contribution >= 0.6 is 0 Å². The lowest BCUT2D eigenvalue weighted by Gasteiger charge is -2.08. The number of nitrogens with zero attached hydrogens (tertiary/aromatic N) is 2. The van der Waals surface area contributed by atoms with Crippen molar-refractivity contribution in [3.05, 3.63) is 47.7 Å². The molecule has 21 heavy (non-hydrogen) atoms. The Morgan fingerprint density at radius 2 is 1.81 bits per heavy atom. The minimum atomic E-state index is 0.694. The zero-order valence-electron chi connectivity index (χ0n) is 12.9. The number of anilines is 2. The first-order chi connectivity index (χ1) is 10.3. The number of hydrogen-bond donors (Lipinski definition) is 2. The molecule has 4 heteroatoms. The lowest BCUT2D eigenvalue weighted by molar-refractivity contribution is 0.740. The average molecular weight is 284 g/mol. The van der Waals surface area contributed by atoms with E-state index in [4.69, 9.17) is 0 Å². The molecule has 0 amide bonds. The molecule has 1 aromatic heterocycles. The Bertz CT molecular complexity index is 537. The highest BCUT2D eigenvalue weighted by atomic mass is 15.1. The Morgan fingerprint density at radius 1 is 1.00 bits per heavy atom.